The maximum Gasteiger partial charge on any atom is 0.329 e. The van der Waals surface area contributed by atoms with E-state index < -0.39 is 5.69 Å². The minimum atomic E-state index is -0.412. The van der Waals surface area contributed by atoms with Crippen molar-refractivity contribution >= 4 is 22.5 Å². The maximum atomic E-state index is 12.3. The molecule has 1 aromatic heterocycles. The van der Waals surface area contributed by atoms with Crippen LogP contribution in [0.5, 0.6) is 0 Å². The van der Waals surface area contributed by atoms with E-state index in [1.807, 2.05) is 0 Å². The summed E-state index contributed by atoms with van der Waals surface area (Å²) in [5.74, 6) is 0. The molecule has 0 amide bonds. The summed E-state index contributed by atoms with van der Waals surface area (Å²) in [4.78, 5) is 26.9. The predicted octanol–water partition coefficient (Wildman–Crippen LogP) is 1.30. The van der Waals surface area contributed by atoms with Gasteiger partial charge < -0.3 is 9.72 Å². The second kappa shape index (κ2) is 4.26. The molecule has 1 atom stereocenters. The third-order valence-corrected chi connectivity index (χ3v) is 3.40. The molecule has 18 heavy (non-hydrogen) atoms. The lowest BCUT2D eigenvalue weighted by Gasteiger charge is -2.11. The van der Waals surface area contributed by atoms with Gasteiger partial charge in [-0.1, -0.05) is 11.6 Å². The first kappa shape index (κ1) is 11.5. The van der Waals surface area contributed by atoms with Crippen molar-refractivity contribution in [2.75, 3.05) is 13.2 Å². The molecule has 1 unspecified atom stereocenters. The van der Waals surface area contributed by atoms with Gasteiger partial charge in [-0.05, 0) is 24.6 Å². The Labute approximate surface area is 107 Å². The Kier molecular flexibility index (Phi) is 2.72. The molecular formula is C12H11ClN2O3. The van der Waals surface area contributed by atoms with E-state index in [1.54, 1.807) is 18.2 Å². The average molecular weight is 267 g/mol. The number of nitrogens with one attached hydrogen (secondary N) is 1. The van der Waals surface area contributed by atoms with Crippen LogP contribution in [0.4, 0.5) is 0 Å². The Hall–Kier alpha value is -1.59. The van der Waals surface area contributed by atoms with E-state index in [-0.39, 0.29) is 11.6 Å². The van der Waals surface area contributed by atoms with Crippen LogP contribution in [0.2, 0.25) is 5.02 Å². The van der Waals surface area contributed by atoms with Crippen molar-refractivity contribution in [3.05, 3.63) is 44.1 Å². The topological polar surface area (TPSA) is 64.1 Å². The molecule has 1 aliphatic heterocycles. The van der Waals surface area contributed by atoms with Gasteiger partial charge in [-0.3, -0.25) is 9.36 Å². The Morgan fingerprint density at radius 2 is 2.22 bits per heavy atom. The Morgan fingerprint density at radius 1 is 1.39 bits per heavy atom. The number of hydrogen-bond donors (Lipinski definition) is 1. The van der Waals surface area contributed by atoms with Gasteiger partial charge in [0.2, 0.25) is 0 Å². The minimum absolute atomic E-state index is 0.179. The van der Waals surface area contributed by atoms with Crippen LogP contribution in [-0.2, 0) is 4.74 Å². The fourth-order valence-corrected chi connectivity index (χ4v) is 2.43. The van der Waals surface area contributed by atoms with Crippen molar-refractivity contribution in [2.24, 2.45) is 0 Å². The van der Waals surface area contributed by atoms with E-state index in [4.69, 9.17) is 16.3 Å². The third kappa shape index (κ3) is 1.76. The Morgan fingerprint density at radius 3 is 2.94 bits per heavy atom. The smallest absolute Gasteiger partial charge is 0.329 e. The summed E-state index contributed by atoms with van der Waals surface area (Å²) >= 11 is 5.84. The van der Waals surface area contributed by atoms with Crippen LogP contribution in [0.15, 0.2) is 27.8 Å². The molecule has 3 rings (SSSR count). The number of fused-ring (bicyclic) bond motifs is 1. The zero-order chi connectivity index (χ0) is 12.7. The van der Waals surface area contributed by atoms with E-state index >= 15 is 0 Å². The zero-order valence-electron chi connectivity index (χ0n) is 9.48. The maximum absolute atomic E-state index is 12.3. The molecule has 2 aromatic rings. The highest BCUT2D eigenvalue weighted by atomic mass is 35.5. The van der Waals surface area contributed by atoms with Gasteiger partial charge in [-0.25, -0.2) is 4.79 Å². The lowest BCUT2D eigenvalue weighted by Crippen LogP contribution is -2.38. The summed E-state index contributed by atoms with van der Waals surface area (Å²) in [6.07, 6.45) is 0.683. The van der Waals surface area contributed by atoms with Crippen LogP contribution in [0.25, 0.3) is 10.9 Å². The van der Waals surface area contributed by atoms with E-state index in [0.717, 1.165) is 0 Å². The highest BCUT2D eigenvalue weighted by Gasteiger charge is 2.21. The summed E-state index contributed by atoms with van der Waals surface area (Å²) in [6.45, 7) is 0.983. The predicted molar refractivity (Wildman–Crippen MR) is 68.3 cm³/mol. The first-order chi connectivity index (χ1) is 8.66. The molecule has 1 fully saturated rings. The molecular weight excluding hydrogens is 256 g/mol. The quantitative estimate of drug-likeness (QED) is 0.846. The molecule has 1 aromatic carbocycles. The zero-order valence-corrected chi connectivity index (χ0v) is 10.2. The van der Waals surface area contributed by atoms with Crippen molar-refractivity contribution in [3.8, 4) is 0 Å². The molecule has 0 radical (unpaired) electrons. The van der Waals surface area contributed by atoms with Crippen LogP contribution >= 0.6 is 11.6 Å². The summed E-state index contributed by atoms with van der Waals surface area (Å²) in [5.41, 5.74) is -0.237. The number of benzene rings is 1. The number of nitrogens with zero attached hydrogens (tertiary/aromatic N) is 1. The molecule has 0 bridgehead atoms. The van der Waals surface area contributed by atoms with Crippen LogP contribution in [0.1, 0.15) is 12.5 Å². The van der Waals surface area contributed by atoms with Crippen LogP contribution in [0.3, 0.4) is 0 Å². The van der Waals surface area contributed by atoms with Crippen molar-refractivity contribution in [3.63, 3.8) is 0 Å². The number of rotatable bonds is 1. The van der Waals surface area contributed by atoms with Crippen molar-refractivity contribution in [1.29, 1.82) is 0 Å². The normalized spacial score (nSPS) is 19.5. The van der Waals surface area contributed by atoms with Gasteiger partial charge in [0.15, 0.2) is 0 Å². The van der Waals surface area contributed by atoms with Gasteiger partial charge in [0.1, 0.15) is 0 Å². The number of aromatic amines is 1. The standard InChI is InChI=1S/C12H11ClN2O3/c13-7-1-2-9-10(5-7)14-12(17)15(11(9)16)8-3-4-18-6-8/h1-2,5,8H,3-4,6H2,(H,14,17). The fraction of sp³-hybridized carbons (Fsp3) is 0.333. The SMILES string of the molecule is O=c1[nH]c2cc(Cl)ccc2c(=O)n1C1CCOC1. The molecule has 94 valence electrons. The van der Waals surface area contributed by atoms with Gasteiger partial charge >= 0.3 is 5.69 Å². The molecule has 1 aliphatic rings. The van der Waals surface area contributed by atoms with Gasteiger partial charge in [0.25, 0.3) is 5.56 Å². The largest absolute Gasteiger partial charge is 0.379 e. The number of ether oxygens (including phenoxy) is 1. The molecule has 1 saturated heterocycles. The second-order valence-electron chi connectivity index (χ2n) is 4.31. The Bertz CT molecular complexity index is 713. The lowest BCUT2D eigenvalue weighted by atomic mass is 10.2. The highest BCUT2D eigenvalue weighted by Crippen LogP contribution is 2.17. The highest BCUT2D eigenvalue weighted by molar-refractivity contribution is 6.31. The summed E-state index contributed by atoms with van der Waals surface area (Å²) in [5, 5.41) is 0.949. The Balaban J connectivity index is 2.30. The van der Waals surface area contributed by atoms with E-state index in [9.17, 15) is 9.59 Å². The molecule has 0 spiro atoms. The number of halogens is 1. The van der Waals surface area contributed by atoms with Gasteiger partial charge in [0.05, 0.1) is 23.6 Å². The fourth-order valence-electron chi connectivity index (χ4n) is 2.26. The lowest BCUT2D eigenvalue weighted by molar-refractivity contribution is 0.185. The summed E-state index contributed by atoms with van der Waals surface area (Å²) in [6, 6.07) is 4.66. The van der Waals surface area contributed by atoms with Crippen LogP contribution < -0.4 is 11.2 Å². The van der Waals surface area contributed by atoms with E-state index in [2.05, 4.69) is 4.98 Å². The second-order valence-corrected chi connectivity index (χ2v) is 4.75. The first-order valence-electron chi connectivity index (χ1n) is 5.68. The summed E-state index contributed by atoms with van der Waals surface area (Å²) in [7, 11) is 0. The molecule has 0 aliphatic carbocycles. The van der Waals surface area contributed by atoms with Gasteiger partial charge in [-0.2, -0.15) is 0 Å². The van der Waals surface area contributed by atoms with Crippen LogP contribution in [-0.4, -0.2) is 22.8 Å². The molecule has 2 heterocycles. The minimum Gasteiger partial charge on any atom is -0.379 e. The summed E-state index contributed by atoms with van der Waals surface area (Å²) < 4.78 is 6.46. The van der Waals surface area contributed by atoms with E-state index in [0.29, 0.717) is 35.6 Å². The van der Waals surface area contributed by atoms with Crippen molar-refractivity contribution < 1.29 is 4.74 Å². The monoisotopic (exact) mass is 266 g/mol. The van der Waals surface area contributed by atoms with Crippen LogP contribution in [0, 0.1) is 0 Å². The number of aromatic nitrogens is 2. The molecule has 5 nitrogen and oxygen atoms in total. The number of H-pyrrole nitrogens is 1. The number of hydrogen-bond acceptors (Lipinski definition) is 3. The van der Waals surface area contributed by atoms with Gasteiger partial charge in [0, 0.05) is 11.6 Å². The van der Waals surface area contributed by atoms with E-state index in [1.165, 1.54) is 4.57 Å². The molecule has 0 saturated carbocycles. The molecule has 6 heteroatoms. The first-order valence-corrected chi connectivity index (χ1v) is 6.06. The average Bonchev–Trinajstić information content (AvgIpc) is 2.82. The van der Waals surface area contributed by atoms with Crippen molar-refractivity contribution in [2.45, 2.75) is 12.5 Å². The third-order valence-electron chi connectivity index (χ3n) is 3.16. The molecule has 1 N–H and O–H groups in total. The van der Waals surface area contributed by atoms with Gasteiger partial charge in [-0.15, -0.1) is 0 Å². The van der Waals surface area contributed by atoms with Crippen molar-refractivity contribution in [1.82, 2.24) is 9.55 Å².